The Balaban J connectivity index is 2.03. The zero-order valence-corrected chi connectivity index (χ0v) is 10.4. The minimum Gasteiger partial charge on any atom is -0.377 e. The fourth-order valence-electron chi connectivity index (χ4n) is 1.69. The van der Waals surface area contributed by atoms with Crippen molar-refractivity contribution in [3.63, 3.8) is 0 Å². The largest absolute Gasteiger partial charge is 0.377 e. The van der Waals surface area contributed by atoms with Gasteiger partial charge in [0, 0.05) is 17.6 Å². The maximum Gasteiger partial charge on any atom is 0.292 e. The summed E-state index contributed by atoms with van der Waals surface area (Å²) in [6.07, 6.45) is -0.0997. The van der Waals surface area contributed by atoms with Crippen molar-refractivity contribution in [3.8, 4) is 0 Å². The molecule has 1 N–H and O–H groups in total. The summed E-state index contributed by atoms with van der Waals surface area (Å²) < 4.78 is 10.7. The van der Waals surface area contributed by atoms with Crippen molar-refractivity contribution in [1.82, 2.24) is 0 Å². The van der Waals surface area contributed by atoms with Crippen LogP contribution in [0.15, 0.2) is 18.2 Å². The maximum atomic E-state index is 10.9. The molecule has 98 valence electrons. The summed E-state index contributed by atoms with van der Waals surface area (Å²) in [6.45, 7) is 2.07. The molecule has 1 unspecified atom stereocenters. The lowest BCUT2D eigenvalue weighted by atomic mass is 10.2. The molecule has 1 aliphatic heterocycles. The van der Waals surface area contributed by atoms with E-state index in [0.717, 1.165) is 0 Å². The van der Waals surface area contributed by atoms with E-state index in [1.807, 2.05) is 0 Å². The average molecular weight is 273 g/mol. The van der Waals surface area contributed by atoms with Crippen LogP contribution in [0.5, 0.6) is 0 Å². The Hall–Kier alpha value is -1.37. The van der Waals surface area contributed by atoms with E-state index in [2.05, 4.69) is 5.32 Å². The lowest BCUT2D eigenvalue weighted by Crippen LogP contribution is -2.34. The second-order valence-corrected chi connectivity index (χ2v) is 4.30. The third-order valence-electron chi connectivity index (χ3n) is 2.56. The molecule has 1 aromatic carbocycles. The molecule has 1 aliphatic rings. The quantitative estimate of drug-likeness (QED) is 0.671. The van der Waals surface area contributed by atoms with Crippen LogP contribution in [0.3, 0.4) is 0 Å². The van der Waals surface area contributed by atoms with Gasteiger partial charge in [-0.2, -0.15) is 0 Å². The Morgan fingerprint density at radius 1 is 1.50 bits per heavy atom. The van der Waals surface area contributed by atoms with Gasteiger partial charge in [0.25, 0.3) is 5.69 Å². The average Bonchev–Trinajstić information content (AvgIpc) is 2.37. The molecule has 0 aromatic heterocycles. The molecule has 0 aliphatic carbocycles. The first-order valence-corrected chi connectivity index (χ1v) is 5.92. The van der Waals surface area contributed by atoms with Crippen molar-refractivity contribution in [2.75, 3.05) is 31.7 Å². The van der Waals surface area contributed by atoms with Gasteiger partial charge in [-0.1, -0.05) is 11.6 Å². The van der Waals surface area contributed by atoms with Crippen LogP contribution in [0.1, 0.15) is 0 Å². The number of nitro benzene ring substituents is 1. The van der Waals surface area contributed by atoms with Crippen molar-refractivity contribution in [1.29, 1.82) is 0 Å². The highest BCUT2D eigenvalue weighted by molar-refractivity contribution is 6.31. The molecular formula is C11H13ClN2O4. The summed E-state index contributed by atoms with van der Waals surface area (Å²) >= 11 is 5.82. The van der Waals surface area contributed by atoms with Crippen LogP contribution in [0.2, 0.25) is 5.02 Å². The Morgan fingerprint density at radius 2 is 2.33 bits per heavy atom. The maximum absolute atomic E-state index is 10.9. The van der Waals surface area contributed by atoms with Gasteiger partial charge in [0.05, 0.1) is 30.8 Å². The predicted octanol–water partition coefficient (Wildman–Crippen LogP) is 2.08. The molecule has 0 radical (unpaired) electrons. The molecular weight excluding hydrogens is 260 g/mol. The van der Waals surface area contributed by atoms with Crippen LogP contribution < -0.4 is 5.32 Å². The number of nitro groups is 1. The van der Waals surface area contributed by atoms with E-state index in [9.17, 15) is 10.1 Å². The number of anilines is 1. The van der Waals surface area contributed by atoms with Gasteiger partial charge >= 0.3 is 0 Å². The molecule has 1 saturated heterocycles. The fraction of sp³-hybridized carbons (Fsp3) is 0.455. The van der Waals surface area contributed by atoms with E-state index in [4.69, 9.17) is 21.1 Å². The number of ether oxygens (including phenoxy) is 2. The third kappa shape index (κ3) is 3.32. The van der Waals surface area contributed by atoms with E-state index in [0.29, 0.717) is 37.1 Å². The third-order valence-corrected chi connectivity index (χ3v) is 2.80. The summed E-state index contributed by atoms with van der Waals surface area (Å²) in [6, 6.07) is 4.40. The van der Waals surface area contributed by atoms with Crippen molar-refractivity contribution < 1.29 is 14.4 Å². The lowest BCUT2D eigenvalue weighted by Gasteiger charge is -2.23. The number of nitrogens with zero attached hydrogens (tertiary/aromatic N) is 1. The molecule has 1 heterocycles. The smallest absolute Gasteiger partial charge is 0.292 e. The standard InChI is InChI=1S/C11H13ClN2O4/c12-8-1-2-11(14(15)16)10(5-8)13-6-9-7-17-3-4-18-9/h1-2,5,9,13H,3-4,6-7H2. The summed E-state index contributed by atoms with van der Waals surface area (Å²) in [5.41, 5.74) is 0.387. The van der Waals surface area contributed by atoms with E-state index in [-0.39, 0.29) is 11.8 Å². The van der Waals surface area contributed by atoms with Gasteiger partial charge in [-0.25, -0.2) is 0 Å². The van der Waals surface area contributed by atoms with Crippen molar-refractivity contribution in [2.24, 2.45) is 0 Å². The Kier molecular flexibility index (Phi) is 4.35. The van der Waals surface area contributed by atoms with Crippen LogP contribution in [0.4, 0.5) is 11.4 Å². The minimum absolute atomic E-state index is 0.00359. The molecule has 0 spiro atoms. The lowest BCUT2D eigenvalue weighted by molar-refractivity contribution is -0.384. The number of hydrogen-bond acceptors (Lipinski definition) is 5. The SMILES string of the molecule is O=[N+]([O-])c1ccc(Cl)cc1NCC1COCCO1. The van der Waals surface area contributed by atoms with Gasteiger partial charge in [-0.05, 0) is 12.1 Å². The minimum atomic E-state index is -0.448. The van der Waals surface area contributed by atoms with Gasteiger partial charge in [-0.3, -0.25) is 10.1 Å². The molecule has 0 bridgehead atoms. The fourth-order valence-corrected chi connectivity index (χ4v) is 1.86. The summed E-state index contributed by atoms with van der Waals surface area (Å²) in [4.78, 5) is 10.4. The van der Waals surface area contributed by atoms with Gasteiger partial charge in [0.1, 0.15) is 5.69 Å². The van der Waals surface area contributed by atoms with Crippen LogP contribution in [-0.4, -0.2) is 37.4 Å². The molecule has 1 fully saturated rings. The van der Waals surface area contributed by atoms with Crippen molar-refractivity contribution >= 4 is 23.0 Å². The number of halogens is 1. The zero-order valence-electron chi connectivity index (χ0n) is 9.60. The summed E-state index contributed by atoms with van der Waals surface area (Å²) in [5.74, 6) is 0. The Bertz CT molecular complexity index is 435. The van der Waals surface area contributed by atoms with Gasteiger partial charge < -0.3 is 14.8 Å². The Labute approximate surface area is 109 Å². The van der Waals surface area contributed by atoms with Crippen LogP contribution >= 0.6 is 11.6 Å². The highest BCUT2D eigenvalue weighted by atomic mass is 35.5. The highest BCUT2D eigenvalue weighted by Gasteiger charge is 2.17. The van der Waals surface area contributed by atoms with Gasteiger partial charge in [0.15, 0.2) is 0 Å². The van der Waals surface area contributed by atoms with Gasteiger partial charge in [0.2, 0.25) is 0 Å². The molecule has 7 heteroatoms. The molecule has 2 rings (SSSR count). The number of benzene rings is 1. The van der Waals surface area contributed by atoms with Crippen LogP contribution in [0, 0.1) is 10.1 Å². The first-order valence-electron chi connectivity index (χ1n) is 5.54. The van der Waals surface area contributed by atoms with E-state index >= 15 is 0 Å². The van der Waals surface area contributed by atoms with E-state index in [1.165, 1.54) is 18.2 Å². The molecule has 0 saturated carbocycles. The van der Waals surface area contributed by atoms with Crippen LogP contribution in [0.25, 0.3) is 0 Å². The predicted molar refractivity (Wildman–Crippen MR) is 67.2 cm³/mol. The van der Waals surface area contributed by atoms with Gasteiger partial charge in [-0.15, -0.1) is 0 Å². The first kappa shape index (κ1) is 13.1. The molecule has 1 aromatic rings. The van der Waals surface area contributed by atoms with Crippen LogP contribution in [-0.2, 0) is 9.47 Å². The zero-order chi connectivity index (χ0) is 13.0. The number of hydrogen-bond donors (Lipinski definition) is 1. The van der Waals surface area contributed by atoms with E-state index in [1.54, 1.807) is 0 Å². The molecule has 6 nitrogen and oxygen atoms in total. The second-order valence-electron chi connectivity index (χ2n) is 3.87. The molecule has 0 amide bonds. The molecule has 1 atom stereocenters. The second kappa shape index (κ2) is 5.99. The summed E-state index contributed by atoms with van der Waals surface area (Å²) in [7, 11) is 0. The monoisotopic (exact) mass is 272 g/mol. The van der Waals surface area contributed by atoms with Crippen molar-refractivity contribution in [3.05, 3.63) is 33.3 Å². The van der Waals surface area contributed by atoms with Crippen molar-refractivity contribution in [2.45, 2.75) is 6.10 Å². The summed E-state index contributed by atoms with van der Waals surface area (Å²) in [5, 5.41) is 14.3. The Morgan fingerprint density at radius 3 is 3.00 bits per heavy atom. The number of nitrogens with one attached hydrogen (secondary N) is 1. The number of rotatable bonds is 4. The topological polar surface area (TPSA) is 73.6 Å². The first-order chi connectivity index (χ1) is 8.66. The highest BCUT2D eigenvalue weighted by Crippen LogP contribution is 2.27. The van der Waals surface area contributed by atoms with E-state index < -0.39 is 4.92 Å². The normalized spacial score (nSPS) is 19.5. The molecule has 18 heavy (non-hydrogen) atoms.